The van der Waals surface area contributed by atoms with Gasteiger partial charge in [0.05, 0.1) is 6.20 Å². The van der Waals surface area contributed by atoms with Gasteiger partial charge in [0, 0.05) is 26.1 Å². The van der Waals surface area contributed by atoms with Crippen LogP contribution in [0.25, 0.3) is 0 Å². The highest BCUT2D eigenvalue weighted by molar-refractivity contribution is 7.89. The lowest BCUT2D eigenvalue weighted by molar-refractivity contribution is -0.129. The number of hydrogen-bond donors (Lipinski definition) is 2. The van der Waals surface area contributed by atoms with Crippen LogP contribution in [0.3, 0.4) is 0 Å². The second-order valence-corrected chi connectivity index (χ2v) is 5.89. The minimum Gasteiger partial charge on any atom is -0.343 e. The number of amides is 1. The largest absolute Gasteiger partial charge is 0.343 e. The summed E-state index contributed by atoms with van der Waals surface area (Å²) in [6.07, 6.45) is 3.62. The quantitative estimate of drug-likeness (QED) is 0.769. The molecule has 1 aromatic heterocycles. The number of aromatic amines is 1. The number of carbonyl (C=O) groups is 1. The van der Waals surface area contributed by atoms with E-state index in [4.69, 9.17) is 0 Å². The van der Waals surface area contributed by atoms with Crippen LogP contribution in [-0.2, 0) is 14.8 Å². The van der Waals surface area contributed by atoms with Crippen molar-refractivity contribution in [1.29, 1.82) is 0 Å². The van der Waals surface area contributed by atoms with Crippen LogP contribution in [0, 0.1) is 0 Å². The van der Waals surface area contributed by atoms with E-state index in [2.05, 4.69) is 14.9 Å². The molecule has 18 heavy (non-hydrogen) atoms. The fourth-order valence-corrected chi connectivity index (χ4v) is 2.83. The monoisotopic (exact) mass is 272 g/mol. The summed E-state index contributed by atoms with van der Waals surface area (Å²) < 4.78 is 25.7. The molecule has 8 heteroatoms. The molecule has 7 nitrogen and oxygen atoms in total. The first kappa shape index (κ1) is 13.0. The van der Waals surface area contributed by atoms with Crippen molar-refractivity contribution in [2.45, 2.75) is 24.3 Å². The van der Waals surface area contributed by atoms with Gasteiger partial charge in [0.1, 0.15) is 0 Å². The van der Waals surface area contributed by atoms with Gasteiger partial charge in [-0.15, -0.1) is 0 Å². The van der Waals surface area contributed by atoms with Gasteiger partial charge in [-0.1, -0.05) is 0 Å². The molecule has 2 N–H and O–H groups in total. The standard InChI is InChI=1S/C10H16N4O3S/c15-10(14-7-1-2-8-14)4-6-12-18(16,17)9-3-5-11-13-9/h3,5,12H,1-2,4,6-8H2,(H,11,13). The molecule has 1 amide bonds. The minimum atomic E-state index is -3.57. The lowest BCUT2D eigenvalue weighted by Gasteiger charge is -2.14. The van der Waals surface area contributed by atoms with Crippen LogP contribution in [0.15, 0.2) is 17.3 Å². The number of hydrogen-bond acceptors (Lipinski definition) is 4. The molecule has 1 fully saturated rings. The molecule has 1 saturated heterocycles. The number of aromatic nitrogens is 2. The maximum atomic E-state index is 11.7. The Morgan fingerprint density at radius 3 is 2.78 bits per heavy atom. The summed E-state index contributed by atoms with van der Waals surface area (Å²) in [5.41, 5.74) is 0. The smallest absolute Gasteiger partial charge is 0.257 e. The van der Waals surface area contributed by atoms with Crippen LogP contribution in [-0.4, -0.2) is 49.1 Å². The number of H-pyrrole nitrogens is 1. The van der Waals surface area contributed by atoms with Crippen LogP contribution in [0.4, 0.5) is 0 Å². The molecule has 2 rings (SSSR count). The highest BCUT2D eigenvalue weighted by Gasteiger charge is 2.19. The van der Waals surface area contributed by atoms with Crippen molar-refractivity contribution < 1.29 is 13.2 Å². The van der Waals surface area contributed by atoms with E-state index < -0.39 is 10.0 Å². The third kappa shape index (κ3) is 3.08. The Morgan fingerprint density at radius 2 is 2.17 bits per heavy atom. The minimum absolute atomic E-state index is 0.000175. The van der Waals surface area contributed by atoms with Gasteiger partial charge in [-0.3, -0.25) is 9.89 Å². The fourth-order valence-electron chi connectivity index (χ4n) is 1.89. The number of sulfonamides is 1. The average Bonchev–Trinajstić information content (AvgIpc) is 3.02. The Labute approximate surface area is 106 Å². The number of rotatable bonds is 5. The van der Waals surface area contributed by atoms with Crippen LogP contribution in [0.1, 0.15) is 19.3 Å². The van der Waals surface area contributed by atoms with Gasteiger partial charge in [-0.25, -0.2) is 13.1 Å². The Hall–Kier alpha value is -1.41. The van der Waals surface area contributed by atoms with E-state index in [9.17, 15) is 13.2 Å². The van der Waals surface area contributed by atoms with Crippen LogP contribution in [0.2, 0.25) is 0 Å². The third-order valence-electron chi connectivity index (χ3n) is 2.85. The number of likely N-dealkylation sites (tertiary alicyclic amines) is 1. The second kappa shape index (κ2) is 5.49. The highest BCUT2D eigenvalue weighted by Crippen LogP contribution is 2.09. The first-order valence-electron chi connectivity index (χ1n) is 5.86. The number of carbonyl (C=O) groups excluding carboxylic acids is 1. The second-order valence-electron chi connectivity index (χ2n) is 4.16. The van der Waals surface area contributed by atoms with E-state index in [0.29, 0.717) is 0 Å². The third-order valence-corrected chi connectivity index (χ3v) is 4.24. The molecule has 0 spiro atoms. The maximum absolute atomic E-state index is 11.7. The zero-order chi connectivity index (χ0) is 13.0. The van der Waals surface area contributed by atoms with Crippen molar-refractivity contribution in [3.05, 3.63) is 12.3 Å². The Bertz CT molecular complexity index is 491. The van der Waals surface area contributed by atoms with E-state index in [1.807, 2.05) is 0 Å². The summed E-state index contributed by atoms with van der Waals surface area (Å²) in [4.78, 5) is 13.5. The van der Waals surface area contributed by atoms with Gasteiger partial charge in [-0.2, -0.15) is 5.10 Å². The van der Waals surface area contributed by atoms with Crippen molar-refractivity contribution in [3.63, 3.8) is 0 Å². The van der Waals surface area contributed by atoms with Gasteiger partial charge in [0.25, 0.3) is 10.0 Å². The molecule has 2 heterocycles. The molecule has 0 unspecified atom stereocenters. The molecule has 0 aromatic carbocycles. The maximum Gasteiger partial charge on any atom is 0.257 e. The molecule has 100 valence electrons. The van der Waals surface area contributed by atoms with E-state index in [-0.39, 0.29) is 23.9 Å². The normalized spacial score (nSPS) is 16.1. The molecule has 0 saturated carbocycles. The lowest BCUT2D eigenvalue weighted by Crippen LogP contribution is -2.32. The van der Waals surface area contributed by atoms with Gasteiger partial charge in [-0.05, 0) is 18.9 Å². The van der Waals surface area contributed by atoms with E-state index in [1.54, 1.807) is 4.90 Å². The van der Waals surface area contributed by atoms with Crippen LogP contribution >= 0.6 is 0 Å². The van der Waals surface area contributed by atoms with Crippen LogP contribution in [0.5, 0.6) is 0 Å². The van der Waals surface area contributed by atoms with E-state index >= 15 is 0 Å². The Morgan fingerprint density at radius 1 is 1.44 bits per heavy atom. The molecule has 1 aliphatic rings. The lowest BCUT2D eigenvalue weighted by atomic mass is 10.4. The van der Waals surface area contributed by atoms with Gasteiger partial charge < -0.3 is 4.90 Å². The number of nitrogens with zero attached hydrogens (tertiary/aromatic N) is 2. The van der Waals surface area contributed by atoms with E-state index in [1.165, 1.54) is 12.3 Å². The van der Waals surface area contributed by atoms with Crippen molar-refractivity contribution >= 4 is 15.9 Å². The summed E-state index contributed by atoms with van der Waals surface area (Å²) in [6.45, 7) is 1.68. The number of nitrogens with one attached hydrogen (secondary N) is 2. The zero-order valence-electron chi connectivity index (χ0n) is 9.92. The molecule has 1 aliphatic heterocycles. The topological polar surface area (TPSA) is 95.2 Å². The Kier molecular flexibility index (Phi) is 3.97. The van der Waals surface area contributed by atoms with Gasteiger partial charge in [0.2, 0.25) is 5.91 Å². The molecule has 0 radical (unpaired) electrons. The SMILES string of the molecule is O=C(CCNS(=O)(=O)c1ccn[nH]1)N1CCCC1. The average molecular weight is 272 g/mol. The van der Waals surface area contributed by atoms with Crippen molar-refractivity contribution in [2.75, 3.05) is 19.6 Å². The molecule has 0 atom stereocenters. The highest BCUT2D eigenvalue weighted by atomic mass is 32.2. The Balaban J connectivity index is 1.80. The first-order chi connectivity index (χ1) is 8.59. The molecule has 1 aromatic rings. The summed E-state index contributed by atoms with van der Waals surface area (Å²) >= 11 is 0. The van der Waals surface area contributed by atoms with Gasteiger partial charge in [0.15, 0.2) is 5.03 Å². The van der Waals surface area contributed by atoms with Crippen molar-refractivity contribution in [3.8, 4) is 0 Å². The summed E-state index contributed by atoms with van der Waals surface area (Å²) in [6, 6.07) is 1.37. The van der Waals surface area contributed by atoms with Crippen LogP contribution < -0.4 is 4.72 Å². The predicted octanol–water partition coefficient (Wildman–Crippen LogP) is -0.299. The molecule has 0 aliphatic carbocycles. The molecule has 0 bridgehead atoms. The summed E-state index contributed by atoms with van der Waals surface area (Å²) in [7, 11) is -3.57. The van der Waals surface area contributed by atoms with Crippen molar-refractivity contribution in [2.24, 2.45) is 0 Å². The fraction of sp³-hybridized carbons (Fsp3) is 0.600. The summed E-state index contributed by atoms with van der Waals surface area (Å²) in [5.74, 6) is -0.000175. The van der Waals surface area contributed by atoms with E-state index in [0.717, 1.165) is 25.9 Å². The molecular formula is C10H16N4O3S. The van der Waals surface area contributed by atoms with Gasteiger partial charge >= 0.3 is 0 Å². The first-order valence-corrected chi connectivity index (χ1v) is 7.35. The van der Waals surface area contributed by atoms with Crippen molar-refractivity contribution in [1.82, 2.24) is 19.8 Å². The summed E-state index contributed by atoms with van der Waals surface area (Å²) in [5, 5.41) is 5.96. The predicted molar refractivity (Wildman–Crippen MR) is 64.2 cm³/mol. The zero-order valence-corrected chi connectivity index (χ0v) is 10.7. The molecular weight excluding hydrogens is 256 g/mol.